The van der Waals surface area contributed by atoms with E-state index in [4.69, 9.17) is 4.74 Å². The number of aromatic nitrogens is 3. The average Bonchev–Trinajstić information content (AvgIpc) is 3.18. The van der Waals surface area contributed by atoms with Gasteiger partial charge in [0.15, 0.2) is 5.69 Å². The molecule has 2 amide bonds. The van der Waals surface area contributed by atoms with Crippen LogP contribution in [0.1, 0.15) is 32.7 Å². The predicted molar refractivity (Wildman–Crippen MR) is 101 cm³/mol. The zero-order chi connectivity index (χ0) is 19.5. The van der Waals surface area contributed by atoms with E-state index in [0.717, 1.165) is 18.8 Å². The van der Waals surface area contributed by atoms with Gasteiger partial charge in [-0.15, -0.1) is 0 Å². The summed E-state index contributed by atoms with van der Waals surface area (Å²) in [6, 6.07) is 7.32. The van der Waals surface area contributed by atoms with Crippen LogP contribution in [0.25, 0.3) is 0 Å². The molecule has 148 valence electrons. The van der Waals surface area contributed by atoms with Crippen molar-refractivity contribution < 1.29 is 14.3 Å². The van der Waals surface area contributed by atoms with Crippen LogP contribution in [0.2, 0.25) is 0 Å². The molecule has 0 aliphatic carbocycles. The van der Waals surface area contributed by atoms with Crippen LogP contribution in [0.15, 0.2) is 30.5 Å². The van der Waals surface area contributed by atoms with Crippen molar-refractivity contribution in [3.63, 3.8) is 0 Å². The van der Waals surface area contributed by atoms with Gasteiger partial charge in [-0.1, -0.05) is 6.07 Å². The highest BCUT2D eigenvalue weighted by molar-refractivity contribution is 5.98. The molecular weight excluding hydrogens is 360 g/mol. The number of hydrogen-bond donors (Lipinski definition) is 1. The highest BCUT2D eigenvalue weighted by Gasteiger charge is 2.27. The fourth-order valence-corrected chi connectivity index (χ4v) is 3.58. The number of amides is 2. The van der Waals surface area contributed by atoms with Gasteiger partial charge >= 0.3 is 0 Å². The lowest BCUT2D eigenvalue weighted by Crippen LogP contribution is -2.44. The summed E-state index contributed by atoms with van der Waals surface area (Å²) in [4.78, 5) is 33.3. The summed E-state index contributed by atoms with van der Waals surface area (Å²) in [5.74, 6) is -0.399. The minimum atomic E-state index is -0.286. The third-order valence-electron chi connectivity index (χ3n) is 5.20. The van der Waals surface area contributed by atoms with Crippen LogP contribution in [0, 0.1) is 0 Å². The van der Waals surface area contributed by atoms with Gasteiger partial charge in [-0.25, -0.2) is 0 Å². The number of ether oxygens (including phenoxy) is 1. The number of morpholine rings is 1. The molecule has 0 saturated carbocycles. The Hall–Kier alpha value is -2.78. The molecule has 4 rings (SSSR count). The smallest absolute Gasteiger partial charge is 0.271 e. The summed E-state index contributed by atoms with van der Waals surface area (Å²) < 4.78 is 7.05. The van der Waals surface area contributed by atoms with Crippen LogP contribution in [-0.4, -0.2) is 82.8 Å². The minimum absolute atomic E-state index is 0.0425. The van der Waals surface area contributed by atoms with E-state index in [1.807, 2.05) is 18.2 Å². The number of fused-ring (bicyclic) bond motifs is 1. The van der Waals surface area contributed by atoms with Crippen molar-refractivity contribution in [1.29, 1.82) is 0 Å². The first kappa shape index (κ1) is 18.6. The SMILES string of the molecule is CN1CCn2nc(C(=O)NCC(c3ccccn3)N3CCOCC3)cc2C1=O. The van der Waals surface area contributed by atoms with Crippen molar-refractivity contribution in [3.05, 3.63) is 47.5 Å². The van der Waals surface area contributed by atoms with Crippen LogP contribution < -0.4 is 5.32 Å². The number of nitrogens with zero attached hydrogens (tertiary/aromatic N) is 5. The second-order valence-corrected chi connectivity index (χ2v) is 6.99. The summed E-state index contributed by atoms with van der Waals surface area (Å²) in [5, 5.41) is 7.27. The highest BCUT2D eigenvalue weighted by atomic mass is 16.5. The molecule has 4 heterocycles. The maximum atomic E-state index is 12.7. The standard InChI is InChI=1S/C19H24N6O3/c1-23-6-7-25-16(19(23)27)12-15(22-25)18(26)21-13-17(14-4-2-3-5-20-14)24-8-10-28-11-9-24/h2-5,12,17H,6-11,13H2,1H3,(H,21,26). The summed E-state index contributed by atoms with van der Waals surface area (Å²) in [7, 11) is 1.75. The Kier molecular flexibility index (Phi) is 5.36. The summed E-state index contributed by atoms with van der Waals surface area (Å²) in [6.07, 6.45) is 1.76. The lowest BCUT2D eigenvalue weighted by molar-refractivity contribution is 0.0153. The zero-order valence-electron chi connectivity index (χ0n) is 15.9. The van der Waals surface area contributed by atoms with Crippen molar-refractivity contribution in [2.45, 2.75) is 12.6 Å². The fraction of sp³-hybridized carbons (Fsp3) is 0.474. The largest absolute Gasteiger partial charge is 0.379 e. The van der Waals surface area contributed by atoms with Crippen LogP contribution in [-0.2, 0) is 11.3 Å². The molecule has 1 fully saturated rings. The third-order valence-corrected chi connectivity index (χ3v) is 5.20. The van der Waals surface area contributed by atoms with Crippen LogP contribution >= 0.6 is 0 Å². The molecular formula is C19H24N6O3. The molecule has 28 heavy (non-hydrogen) atoms. The van der Waals surface area contributed by atoms with E-state index >= 15 is 0 Å². The molecule has 0 bridgehead atoms. The molecule has 2 aromatic rings. The van der Waals surface area contributed by atoms with E-state index in [9.17, 15) is 9.59 Å². The number of rotatable bonds is 5. The Bertz CT molecular complexity index is 847. The lowest BCUT2D eigenvalue weighted by Gasteiger charge is -2.34. The van der Waals surface area contributed by atoms with Gasteiger partial charge in [-0.3, -0.25) is 24.2 Å². The third kappa shape index (κ3) is 3.76. The molecule has 2 aliphatic heterocycles. The molecule has 1 saturated heterocycles. The van der Waals surface area contributed by atoms with E-state index < -0.39 is 0 Å². The first-order valence-corrected chi connectivity index (χ1v) is 9.48. The van der Waals surface area contributed by atoms with Crippen LogP contribution in [0.4, 0.5) is 0 Å². The van der Waals surface area contributed by atoms with Crippen molar-refractivity contribution in [2.75, 3.05) is 46.4 Å². The molecule has 0 radical (unpaired) electrons. The fourth-order valence-electron chi connectivity index (χ4n) is 3.58. The Labute approximate surface area is 163 Å². The van der Waals surface area contributed by atoms with Gasteiger partial charge in [0.25, 0.3) is 11.8 Å². The van der Waals surface area contributed by atoms with Gasteiger partial charge in [0.05, 0.1) is 31.5 Å². The maximum Gasteiger partial charge on any atom is 0.271 e. The number of likely N-dealkylation sites (N-methyl/N-ethyl adjacent to an activating group) is 1. The monoisotopic (exact) mass is 384 g/mol. The quantitative estimate of drug-likeness (QED) is 0.790. The first-order chi connectivity index (χ1) is 13.6. The molecule has 1 unspecified atom stereocenters. The van der Waals surface area contributed by atoms with E-state index in [2.05, 4.69) is 20.3 Å². The average molecular weight is 384 g/mol. The molecule has 1 atom stereocenters. The highest BCUT2D eigenvalue weighted by Crippen LogP contribution is 2.19. The number of pyridine rings is 1. The molecule has 1 N–H and O–H groups in total. The summed E-state index contributed by atoms with van der Waals surface area (Å²) in [5.41, 5.74) is 1.62. The van der Waals surface area contributed by atoms with Crippen molar-refractivity contribution >= 4 is 11.8 Å². The Morgan fingerprint density at radius 2 is 2.07 bits per heavy atom. The van der Waals surface area contributed by atoms with Gasteiger partial charge < -0.3 is 15.0 Å². The molecule has 9 nitrogen and oxygen atoms in total. The molecule has 0 spiro atoms. The Morgan fingerprint density at radius 3 is 2.82 bits per heavy atom. The molecule has 9 heteroatoms. The molecule has 2 aromatic heterocycles. The van der Waals surface area contributed by atoms with E-state index in [1.165, 1.54) is 0 Å². The first-order valence-electron chi connectivity index (χ1n) is 9.48. The summed E-state index contributed by atoms with van der Waals surface area (Å²) in [6.45, 7) is 4.50. The summed E-state index contributed by atoms with van der Waals surface area (Å²) >= 11 is 0. The van der Waals surface area contributed by atoms with Gasteiger partial charge in [-0.2, -0.15) is 5.10 Å². The molecule has 0 aromatic carbocycles. The van der Waals surface area contributed by atoms with Crippen molar-refractivity contribution in [3.8, 4) is 0 Å². The molecule has 2 aliphatic rings. The van der Waals surface area contributed by atoms with Gasteiger partial charge in [0.2, 0.25) is 0 Å². The van der Waals surface area contributed by atoms with E-state index in [-0.39, 0.29) is 23.6 Å². The second-order valence-electron chi connectivity index (χ2n) is 6.99. The lowest BCUT2D eigenvalue weighted by atomic mass is 10.1. The van der Waals surface area contributed by atoms with Crippen molar-refractivity contribution in [1.82, 2.24) is 29.9 Å². The number of carbonyl (C=O) groups excluding carboxylic acids is 2. The Balaban J connectivity index is 1.47. The number of nitrogens with one attached hydrogen (secondary N) is 1. The van der Waals surface area contributed by atoms with Crippen molar-refractivity contribution in [2.24, 2.45) is 0 Å². The van der Waals surface area contributed by atoms with Crippen LogP contribution in [0.3, 0.4) is 0 Å². The topological polar surface area (TPSA) is 92.6 Å². The number of hydrogen-bond acceptors (Lipinski definition) is 6. The zero-order valence-corrected chi connectivity index (χ0v) is 15.9. The Morgan fingerprint density at radius 1 is 1.25 bits per heavy atom. The van der Waals surface area contributed by atoms with Gasteiger partial charge in [0.1, 0.15) is 5.69 Å². The minimum Gasteiger partial charge on any atom is -0.379 e. The second kappa shape index (κ2) is 8.07. The van der Waals surface area contributed by atoms with E-state index in [0.29, 0.717) is 38.5 Å². The predicted octanol–water partition coefficient (Wildman–Crippen LogP) is 0.167. The van der Waals surface area contributed by atoms with E-state index in [1.54, 1.807) is 28.9 Å². The maximum absolute atomic E-state index is 12.7. The van der Waals surface area contributed by atoms with Crippen LogP contribution in [0.5, 0.6) is 0 Å². The van der Waals surface area contributed by atoms with Gasteiger partial charge in [0, 0.05) is 45.5 Å². The number of carbonyl (C=O) groups is 2. The normalized spacial score (nSPS) is 18.6. The van der Waals surface area contributed by atoms with Gasteiger partial charge in [-0.05, 0) is 12.1 Å².